The Bertz CT molecular complexity index is 154. The molecule has 0 amide bonds. The second-order valence-corrected chi connectivity index (χ2v) is 4.34. The molecule has 4 heteroatoms. The fourth-order valence-electron chi connectivity index (χ4n) is 2.36. The number of nitrogens with two attached hydrogens (primary N) is 1. The Hall–Kier alpha value is 0.610. The maximum atomic E-state index is 6.02. The zero-order valence-electron chi connectivity index (χ0n) is 6.59. The summed E-state index contributed by atoms with van der Waals surface area (Å²) in [6, 6.07) is 0.444. The normalized spacial score (nSPS) is 49.6. The van der Waals surface area contributed by atoms with E-state index in [1.54, 1.807) is 0 Å². The van der Waals surface area contributed by atoms with Crippen molar-refractivity contribution in [3.05, 3.63) is 0 Å². The number of hydrogen-bond donors (Lipinski definition) is 2. The van der Waals surface area contributed by atoms with Gasteiger partial charge in [0, 0.05) is 12.8 Å². The number of hydrogen-bond acceptors (Lipinski definition) is 2. The summed E-state index contributed by atoms with van der Waals surface area (Å²) in [5, 5.41) is 0. The second-order valence-electron chi connectivity index (χ2n) is 3.86. The van der Waals surface area contributed by atoms with E-state index in [0.717, 1.165) is 17.1 Å². The molecule has 3 heterocycles. The largest absolute Gasteiger partial charge is 0.323 e. The van der Waals surface area contributed by atoms with Crippen LogP contribution in [0.2, 0.25) is 0 Å². The fraction of sp³-hybridized carbons (Fsp3) is 1.00. The van der Waals surface area contributed by atoms with Gasteiger partial charge in [-0.2, -0.15) is 0 Å². The van der Waals surface area contributed by atoms with Crippen molar-refractivity contribution in [2.45, 2.75) is 18.9 Å². The maximum Gasteiger partial charge on any atom is 0.112 e. The molecule has 1 atom stereocenters. The van der Waals surface area contributed by atoms with Gasteiger partial charge in [-0.25, -0.2) is 4.59 Å². The fourth-order valence-corrected chi connectivity index (χ4v) is 3.04. The van der Waals surface area contributed by atoms with Crippen LogP contribution in [0, 0.1) is 5.92 Å². The van der Waals surface area contributed by atoms with Gasteiger partial charge in [0.05, 0.1) is 42.0 Å². The SMILES string of the molecule is NC1C[N+]2(NI)CCC1CC2. The average Bonchev–Trinajstić information content (AvgIpc) is 2.06. The second kappa shape index (κ2) is 2.83. The predicted octanol–water partition coefficient (Wildman–Crippen LogP) is 0.409. The van der Waals surface area contributed by atoms with E-state index in [1.165, 1.54) is 25.9 Å². The van der Waals surface area contributed by atoms with Crippen LogP contribution in [-0.4, -0.2) is 30.3 Å². The number of piperidine rings is 3. The highest BCUT2D eigenvalue weighted by molar-refractivity contribution is 14.1. The Morgan fingerprint density at radius 1 is 1.36 bits per heavy atom. The van der Waals surface area contributed by atoms with Crippen molar-refractivity contribution in [3.63, 3.8) is 0 Å². The molecule has 2 bridgehead atoms. The van der Waals surface area contributed by atoms with E-state index in [0.29, 0.717) is 6.04 Å². The molecule has 64 valence electrons. The third-order valence-corrected chi connectivity index (χ3v) is 4.22. The Morgan fingerprint density at radius 3 is 2.36 bits per heavy atom. The van der Waals surface area contributed by atoms with Crippen LogP contribution >= 0.6 is 22.9 Å². The van der Waals surface area contributed by atoms with Crippen molar-refractivity contribution in [3.8, 4) is 0 Å². The van der Waals surface area contributed by atoms with E-state index in [1.807, 2.05) is 0 Å². The van der Waals surface area contributed by atoms with E-state index in [4.69, 9.17) is 5.73 Å². The lowest BCUT2D eigenvalue weighted by molar-refractivity contribution is -0.965. The van der Waals surface area contributed by atoms with E-state index in [9.17, 15) is 0 Å². The van der Waals surface area contributed by atoms with Crippen molar-refractivity contribution < 1.29 is 4.59 Å². The highest BCUT2D eigenvalue weighted by Crippen LogP contribution is 2.31. The molecule has 11 heavy (non-hydrogen) atoms. The Labute approximate surface area is 81.4 Å². The van der Waals surface area contributed by atoms with Gasteiger partial charge in [0.2, 0.25) is 0 Å². The van der Waals surface area contributed by atoms with Gasteiger partial charge in [0.1, 0.15) is 6.54 Å². The lowest BCUT2D eigenvalue weighted by atomic mass is 9.84. The van der Waals surface area contributed by atoms with Gasteiger partial charge in [-0.15, -0.1) is 3.64 Å². The van der Waals surface area contributed by atoms with Crippen LogP contribution in [0.3, 0.4) is 0 Å². The van der Waals surface area contributed by atoms with Crippen LogP contribution in [0.15, 0.2) is 0 Å². The van der Waals surface area contributed by atoms with E-state index in [2.05, 4.69) is 26.5 Å². The molecule has 3 aliphatic rings. The van der Waals surface area contributed by atoms with Crippen LogP contribution in [0.5, 0.6) is 0 Å². The summed E-state index contributed by atoms with van der Waals surface area (Å²) in [6.07, 6.45) is 2.63. The van der Waals surface area contributed by atoms with Crippen LogP contribution in [0.4, 0.5) is 0 Å². The molecule has 0 aromatic rings. The molecule has 0 radical (unpaired) electrons. The van der Waals surface area contributed by atoms with E-state index >= 15 is 0 Å². The summed E-state index contributed by atoms with van der Waals surface area (Å²) >= 11 is 2.26. The molecule has 3 N–H and O–H groups in total. The molecule has 0 spiro atoms. The molecule has 0 aliphatic carbocycles. The summed E-state index contributed by atoms with van der Waals surface area (Å²) in [5.74, 6) is 0.819. The summed E-state index contributed by atoms with van der Waals surface area (Å²) in [4.78, 5) is 0. The van der Waals surface area contributed by atoms with Crippen LogP contribution < -0.4 is 9.37 Å². The first-order chi connectivity index (χ1) is 5.26. The zero-order valence-corrected chi connectivity index (χ0v) is 8.75. The number of nitrogens with zero attached hydrogens (tertiary/aromatic N) is 1. The van der Waals surface area contributed by atoms with E-state index < -0.39 is 0 Å². The van der Waals surface area contributed by atoms with Crippen LogP contribution in [-0.2, 0) is 0 Å². The molecule has 3 saturated heterocycles. The first-order valence-corrected chi connectivity index (χ1v) is 5.33. The topological polar surface area (TPSA) is 38.0 Å². The lowest BCUT2D eigenvalue weighted by Gasteiger charge is -2.49. The van der Waals surface area contributed by atoms with Crippen molar-refractivity contribution in [1.82, 2.24) is 3.64 Å². The third kappa shape index (κ3) is 1.30. The van der Waals surface area contributed by atoms with Crippen molar-refractivity contribution in [1.29, 1.82) is 0 Å². The standard InChI is InChI=1S/C7H15IN3/c8-10-11-3-1-6(2-4-11)7(9)5-11/h6-7,10H,1-5,9H2/q+1. The maximum absolute atomic E-state index is 6.02. The summed E-state index contributed by atoms with van der Waals surface area (Å²) < 4.78 is 4.42. The molecule has 0 aromatic carbocycles. The molecule has 3 nitrogen and oxygen atoms in total. The Kier molecular flexibility index (Phi) is 2.11. The molecule has 0 saturated carbocycles. The van der Waals surface area contributed by atoms with Crippen molar-refractivity contribution in [2.75, 3.05) is 19.6 Å². The zero-order chi connectivity index (χ0) is 7.90. The van der Waals surface area contributed by atoms with Gasteiger partial charge in [-0.05, 0) is 5.92 Å². The minimum Gasteiger partial charge on any atom is -0.323 e. The lowest BCUT2D eigenvalue weighted by Crippen LogP contribution is -2.69. The smallest absolute Gasteiger partial charge is 0.112 e. The first kappa shape index (κ1) is 8.22. The monoisotopic (exact) mass is 268 g/mol. The van der Waals surface area contributed by atoms with Crippen molar-refractivity contribution >= 4 is 22.9 Å². The highest BCUT2D eigenvalue weighted by Gasteiger charge is 2.44. The number of rotatable bonds is 1. The number of nitrogens with one attached hydrogen (secondary N) is 1. The van der Waals surface area contributed by atoms with E-state index in [-0.39, 0.29) is 0 Å². The first-order valence-electron chi connectivity index (χ1n) is 4.25. The number of quaternary nitrogens is 1. The van der Waals surface area contributed by atoms with Gasteiger partial charge in [0.25, 0.3) is 0 Å². The molecule has 3 rings (SSSR count). The number of halogens is 1. The summed E-state index contributed by atoms with van der Waals surface area (Å²) in [6.45, 7) is 3.69. The summed E-state index contributed by atoms with van der Waals surface area (Å²) in [7, 11) is 0. The Balaban J connectivity index is 2.12. The Morgan fingerprint density at radius 2 is 2.00 bits per heavy atom. The quantitative estimate of drug-likeness (QED) is 0.410. The average molecular weight is 268 g/mol. The van der Waals surface area contributed by atoms with Gasteiger partial charge in [-0.1, -0.05) is 0 Å². The molecule has 3 fully saturated rings. The number of fused-ring (bicyclic) bond motifs is 3. The third-order valence-electron chi connectivity index (χ3n) is 3.20. The molecule has 3 aliphatic heterocycles. The van der Waals surface area contributed by atoms with Crippen molar-refractivity contribution in [2.24, 2.45) is 11.7 Å². The molecule has 0 aromatic heterocycles. The molecule has 1 unspecified atom stereocenters. The highest BCUT2D eigenvalue weighted by atomic mass is 127. The predicted molar refractivity (Wildman–Crippen MR) is 52.7 cm³/mol. The molecular weight excluding hydrogens is 253 g/mol. The molecular formula is C7H15IN3+. The van der Waals surface area contributed by atoms with Gasteiger partial charge >= 0.3 is 0 Å². The van der Waals surface area contributed by atoms with Gasteiger partial charge in [-0.3, -0.25) is 0 Å². The van der Waals surface area contributed by atoms with Gasteiger partial charge in [0.15, 0.2) is 0 Å². The summed E-state index contributed by atoms with van der Waals surface area (Å²) in [5.41, 5.74) is 6.02. The van der Waals surface area contributed by atoms with Crippen LogP contribution in [0.25, 0.3) is 0 Å². The minimum atomic E-state index is 0.444. The minimum absolute atomic E-state index is 0.444. The van der Waals surface area contributed by atoms with Crippen LogP contribution in [0.1, 0.15) is 12.8 Å². The van der Waals surface area contributed by atoms with Gasteiger partial charge < -0.3 is 5.73 Å².